The van der Waals surface area contributed by atoms with Crippen molar-refractivity contribution in [1.82, 2.24) is 27.7 Å². The summed E-state index contributed by atoms with van der Waals surface area (Å²) in [5.74, 6) is -0.107. The first-order valence-corrected chi connectivity index (χ1v) is 11.7. The van der Waals surface area contributed by atoms with Crippen LogP contribution in [0.4, 0.5) is 0 Å². The maximum atomic E-state index is 13.4. The molecule has 9 nitrogen and oxygen atoms in total. The van der Waals surface area contributed by atoms with Crippen LogP contribution in [0, 0.1) is 0 Å². The average Bonchev–Trinajstić information content (AvgIpc) is 3.47. The Labute approximate surface area is 172 Å². The van der Waals surface area contributed by atoms with E-state index in [1.165, 1.54) is 4.31 Å². The third-order valence-corrected chi connectivity index (χ3v) is 8.09. The van der Waals surface area contributed by atoms with Crippen LogP contribution in [-0.2, 0) is 30.0 Å². The SMILES string of the molecule is Cn1nc(C(=O)N2CCCC2)c2c1CCN(S(=O)(=O)c1cccc3nsnc13)C2. The van der Waals surface area contributed by atoms with Gasteiger partial charge in [0.2, 0.25) is 10.0 Å². The Balaban J connectivity index is 1.52. The lowest BCUT2D eigenvalue weighted by Gasteiger charge is -2.27. The van der Waals surface area contributed by atoms with Crippen LogP contribution < -0.4 is 0 Å². The molecule has 0 spiro atoms. The quantitative estimate of drug-likeness (QED) is 0.620. The normalized spacial score (nSPS) is 17.8. The molecule has 0 radical (unpaired) electrons. The number of hydrogen-bond donors (Lipinski definition) is 0. The van der Waals surface area contributed by atoms with E-state index < -0.39 is 10.0 Å². The van der Waals surface area contributed by atoms with E-state index in [0.717, 1.165) is 43.4 Å². The van der Waals surface area contributed by atoms with Crippen molar-refractivity contribution >= 4 is 38.7 Å². The Hall–Kier alpha value is -2.37. The maximum absolute atomic E-state index is 13.4. The van der Waals surface area contributed by atoms with Gasteiger partial charge in [-0.2, -0.15) is 18.2 Å². The average molecular weight is 433 g/mol. The van der Waals surface area contributed by atoms with E-state index in [1.54, 1.807) is 27.8 Å². The molecule has 0 N–H and O–H groups in total. The second kappa shape index (κ2) is 6.85. The predicted octanol–water partition coefficient (Wildman–Crippen LogP) is 1.41. The van der Waals surface area contributed by atoms with Crippen LogP contribution in [0.1, 0.15) is 34.6 Å². The minimum absolute atomic E-state index is 0.107. The van der Waals surface area contributed by atoms with E-state index in [2.05, 4.69) is 13.8 Å². The first-order chi connectivity index (χ1) is 14.0. The highest BCUT2D eigenvalue weighted by Crippen LogP contribution is 2.30. The molecule has 2 aliphatic rings. The van der Waals surface area contributed by atoms with E-state index in [-0.39, 0.29) is 17.3 Å². The van der Waals surface area contributed by atoms with E-state index >= 15 is 0 Å². The molecule has 1 fully saturated rings. The van der Waals surface area contributed by atoms with E-state index in [9.17, 15) is 13.2 Å². The van der Waals surface area contributed by atoms with Gasteiger partial charge in [-0.1, -0.05) is 6.07 Å². The third kappa shape index (κ3) is 2.95. The topological polar surface area (TPSA) is 101 Å². The smallest absolute Gasteiger partial charge is 0.274 e. The second-order valence-electron chi connectivity index (χ2n) is 7.37. The zero-order valence-electron chi connectivity index (χ0n) is 15.9. The highest BCUT2D eigenvalue weighted by Gasteiger charge is 2.36. The minimum atomic E-state index is -3.78. The molecular formula is C18H20N6O3S2. The summed E-state index contributed by atoms with van der Waals surface area (Å²) in [6.07, 6.45) is 2.50. The van der Waals surface area contributed by atoms with Gasteiger partial charge >= 0.3 is 0 Å². The third-order valence-electron chi connectivity index (χ3n) is 5.67. The number of aryl methyl sites for hydroxylation is 1. The highest BCUT2D eigenvalue weighted by atomic mass is 32.2. The summed E-state index contributed by atoms with van der Waals surface area (Å²) in [5.41, 5.74) is 2.97. The summed E-state index contributed by atoms with van der Waals surface area (Å²) >= 11 is 0.996. The van der Waals surface area contributed by atoms with Gasteiger partial charge < -0.3 is 4.90 Å². The number of nitrogens with zero attached hydrogens (tertiary/aromatic N) is 6. The van der Waals surface area contributed by atoms with Gasteiger partial charge in [-0.05, 0) is 25.0 Å². The number of hydrogen-bond acceptors (Lipinski definition) is 7. The number of likely N-dealkylation sites (tertiary alicyclic amines) is 1. The number of rotatable bonds is 3. The Bertz CT molecular complexity index is 1210. The molecule has 0 atom stereocenters. The van der Waals surface area contributed by atoms with Gasteiger partial charge in [-0.3, -0.25) is 9.48 Å². The molecule has 1 saturated heterocycles. The number of carbonyl (C=O) groups excluding carboxylic acids is 1. The van der Waals surface area contributed by atoms with Crippen molar-refractivity contribution < 1.29 is 13.2 Å². The standard InChI is InChI=1S/C18H20N6O3S2/c1-22-14-7-10-24(11-12(14)16(19-22)18(25)23-8-2-3-9-23)29(26,27)15-6-4-5-13-17(15)21-28-20-13/h4-6H,2-3,7-11H2,1H3. The van der Waals surface area contributed by atoms with Gasteiger partial charge in [-0.25, -0.2) is 8.42 Å². The molecule has 1 amide bonds. The van der Waals surface area contributed by atoms with E-state index in [4.69, 9.17) is 0 Å². The molecule has 152 valence electrons. The molecule has 5 rings (SSSR count). The molecule has 11 heteroatoms. The van der Waals surface area contributed by atoms with Gasteiger partial charge in [-0.15, -0.1) is 0 Å². The fraction of sp³-hybridized carbons (Fsp3) is 0.444. The largest absolute Gasteiger partial charge is 0.337 e. The van der Waals surface area contributed by atoms with Crippen molar-refractivity contribution in [2.75, 3.05) is 19.6 Å². The Kier molecular flexibility index (Phi) is 4.41. The lowest BCUT2D eigenvalue weighted by molar-refractivity contribution is 0.0784. The molecule has 2 aromatic heterocycles. The fourth-order valence-corrected chi connectivity index (χ4v) is 6.30. The van der Waals surface area contributed by atoms with Crippen molar-refractivity contribution in [3.63, 3.8) is 0 Å². The van der Waals surface area contributed by atoms with Crippen LogP contribution in [0.5, 0.6) is 0 Å². The maximum Gasteiger partial charge on any atom is 0.274 e. The van der Waals surface area contributed by atoms with Gasteiger partial charge in [0.25, 0.3) is 5.91 Å². The van der Waals surface area contributed by atoms with Crippen molar-refractivity contribution in [2.24, 2.45) is 7.05 Å². The summed E-state index contributed by atoms with van der Waals surface area (Å²) < 4.78 is 38.2. The van der Waals surface area contributed by atoms with Gasteiger partial charge in [0, 0.05) is 50.9 Å². The molecule has 2 aliphatic heterocycles. The molecule has 29 heavy (non-hydrogen) atoms. The zero-order chi connectivity index (χ0) is 20.2. The van der Waals surface area contributed by atoms with Crippen LogP contribution in [0.2, 0.25) is 0 Å². The molecular weight excluding hydrogens is 412 g/mol. The van der Waals surface area contributed by atoms with E-state index in [0.29, 0.717) is 35.3 Å². The summed E-state index contributed by atoms with van der Waals surface area (Å²) in [4.78, 5) is 14.9. The fourth-order valence-electron chi connectivity index (χ4n) is 4.14. The lowest BCUT2D eigenvalue weighted by Crippen LogP contribution is -2.37. The van der Waals surface area contributed by atoms with Crippen LogP contribution in [-0.4, -0.2) is 61.7 Å². The van der Waals surface area contributed by atoms with Crippen molar-refractivity contribution in [3.05, 3.63) is 35.2 Å². The number of sulfonamides is 1. The number of benzene rings is 1. The summed E-state index contributed by atoms with van der Waals surface area (Å²) in [5, 5.41) is 4.45. The molecule has 4 heterocycles. The molecule has 3 aromatic rings. The molecule has 0 saturated carbocycles. The number of fused-ring (bicyclic) bond motifs is 2. The molecule has 1 aromatic carbocycles. The van der Waals surface area contributed by atoms with Crippen molar-refractivity contribution in [2.45, 2.75) is 30.7 Å². The van der Waals surface area contributed by atoms with Crippen molar-refractivity contribution in [3.8, 4) is 0 Å². The van der Waals surface area contributed by atoms with Gasteiger partial charge in [0.15, 0.2) is 5.69 Å². The van der Waals surface area contributed by atoms with Crippen LogP contribution in [0.3, 0.4) is 0 Å². The number of amides is 1. The Morgan fingerprint density at radius 2 is 1.93 bits per heavy atom. The molecule has 0 unspecified atom stereocenters. The van der Waals surface area contributed by atoms with Gasteiger partial charge in [0.1, 0.15) is 15.9 Å². The first kappa shape index (κ1) is 18.6. The second-order valence-corrected chi connectivity index (χ2v) is 9.81. The van der Waals surface area contributed by atoms with Crippen LogP contribution in [0.25, 0.3) is 11.0 Å². The van der Waals surface area contributed by atoms with E-state index in [1.807, 2.05) is 7.05 Å². The van der Waals surface area contributed by atoms with Gasteiger partial charge in [0.05, 0.1) is 11.7 Å². The molecule has 0 aliphatic carbocycles. The predicted molar refractivity (Wildman–Crippen MR) is 107 cm³/mol. The van der Waals surface area contributed by atoms with Crippen LogP contribution >= 0.6 is 11.7 Å². The number of aromatic nitrogens is 4. The lowest BCUT2D eigenvalue weighted by atomic mass is 10.1. The minimum Gasteiger partial charge on any atom is -0.337 e. The summed E-state index contributed by atoms with van der Waals surface area (Å²) in [7, 11) is -1.97. The molecule has 0 bridgehead atoms. The number of carbonyl (C=O) groups is 1. The Morgan fingerprint density at radius 1 is 1.14 bits per heavy atom. The van der Waals surface area contributed by atoms with Crippen molar-refractivity contribution in [1.29, 1.82) is 0 Å². The first-order valence-electron chi connectivity index (χ1n) is 9.52. The highest BCUT2D eigenvalue weighted by molar-refractivity contribution is 7.89. The Morgan fingerprint density at radius 3 is 2.72 bits per heavy atom. The van der Waals surface area contributed by atoms with Crippen LogP contribution in [0.15, 0.2) is 23.1 Å². The zero-order valence-corrected chi connectivity index (χ0v) is 17.5. The summed E-state index contributed by atoms with van der Waals surface area (Å²) in [6.45, 7) is 1.92. The monoisotopic (exact) mass is 432 g/mol. The summed E-state index contributed by atoms with van der Waals surface area (Å²) in [6, 6.07) is 4.99.